The molecule has 1 aliphatic heterocycles. The highest BCUT2D eigenvalue weighted by Crippen LogP contribution is 2.50. The fraction of sp³-hybridized carbons (Fsp3) is 0.636. The molecule has 1 unspecified atom stereocenters. The Morgan fingerprint density at radius 1 is 1.48 bits per heavy atom. The van der Waals surface area contributed by atoms with Crippen molar-refractivity contribution < 1.29 is 34.0 Å². The molecule has 0 aromatic carbocycles. The third kappa shape index (κ3) is 3.17. The average molecular weight is 352 g/mol. The first-order valence-corrected chi connectivity index (χ1v) is 8.28. The number of nitrogens with zero attached hydrogens (tertiary/aromatic N) is 1. The second-order valence-electron chi connectivity index (χ2n) is 5.08. The normalized spacial score (nSPS) is 33.5. The third-order valence-electron chi connectivity index (χ3n) is 3.65. The highest BCUT2D eigenvalue weighted by molar-refractivity contribution is 7.52. The molecule has 23 heavy (non-hydrogen) atoms. The highest BCUT2D eigenvalue weighted by atomic mass is 31.2. The minimum atomic E-state index is -4.32. The smallest absolute Gasteiger partial charge is 0.332 e. The quantitative estimate of drug-likeness (QED) is 0.349. The molecule has 12 heteroatoms. The summed E-state index contributed by atoms with van der Waals surface area (Å²) in [4.78, 5) is 34.8. The summed E-state index contributed by atoms with van der Waals surface area (Å²) in [7, 11) is -3.37. The predicted molar refractivity (Wildman–Crippen MR) is 75.0 cm³/mol. The zero-order valence-corrected chi connectivity index (χ0v) is 12.9. The van der Waals surface area contributed by atoms with Crippen LogP contribution in [0.15, 0.2) is 21.9 Å². The number of hydrogen-bond donors (Lipinski definition) is 5. The van der Waals surface area contributed by atoms with Gasteiger partial charge in [0.1, 0.15) is 24.5 Å². The molecule has 0 radical (unpaired) electrons. The Kier molecular flexibility index (Phi) is 4.92. The van der Waals surface area contributed by atoms with E-state index in [1.807, 2.05) is 4.98 Å². The van der Waals surface area contributed by atoms with Crippen LogP contribution in [0.4, 0.5) is 0 Å². The molecule has 130 valence electrons. The van der Waals surface area contributed by atoms with Gasteiger partial charge in [-0.05, 0) is 0 Å². The van der Waals surface area contributed by atoms with Crippen LogP contribution >= 0.6 is 7.60 Å². The topological polar surface area (TPSA) is 171 Å². The Bertz CT molecular complexity index is 731. The van der Waals surface area contributed by atoms with Gasteiger partial charge in [0.15, 0.2) is 5.72 Å². The van der Waals surface area contributed by atoms with Gasteiger partial charge in [0.2, 0.25) is 0 Å². The van der Waals surface area contributed by atoms with Gasteiger partial charge in [-0.3, -0.25) is 18.9 Å². The van der Waals surface area contributed by atoms with Crippen LogP contribution in [-0.2, 0) is 19.6 Å². The lowest BCUT2D eigenvalue weighted by molar-refractivity contribution is -0.136. The lowest BCUT2D eigenvalue weighted by Crippen LogP contribution is -2.53. The summed E-state index contributed by atoms with van der Waals surface area (Å²) in [6.45, 7) is -0.708. The minimum Gasteiger partial charge on any atom is -0.394 e. The van der Waals surface area contributed by atoms with Crippen molar-refractivity contribution in [2.45, 2.75) is 24.0 Å². The summed E-state index contributed by atoms with van der Waals surface area (Å²) in [5.41, 5.74) is -3.96. The van der Waals surface area contributed by atoms with E-state index in [2.05, 4.69) is 4.52 Å². The van der Waals surface area contributed by atoms with Gasteiger partial charge in [-0.15, -0.1) is 0 Å². The van der Waals surface area contributed by atoms with E-state index in [9.17, 15) is 34.4 Å². The first kappa shape index (κ1) is 18.0. The fourth-order valence-electron chi connectivity index (χ4n) is 2.49. The van der Waals surface area contributed by atoms with Crippen LogP contribution in [0.25, 0.3) is 0 Å². The van der Waals surface area contributed by atoms with E-state index in [-0.39, 0.29) is 0 Å². The molecule has 0 amide bonds. The van der Waals surface area contributed by atoms with Gasteiger partial charge in [-0.25, -0.2) is 4.79 Å². The molecule has 2 rings (SSSR count). The van der Waals surface area contributed by atoms with Crippen molar-refractivity contribution in [1.29, 1.82) is 0 Å². The number of hydrogen-bond acceptors (Lipinski definition) is 8. The predicted octanol–water partition coefficient (Wildman–Crippen LogP) is -2.87. The van der Waals surface area contributed by atoms with Crippen molar-refractivity contribution in [2.24, 2.45) is 0 Å². The molecule has 1 saturated heterocycles. The zero-order valence-electron chi connectivity index (χ0n) is 12.0. The highest BCUT2D eigenvalue weighted by Gasteiger charge is 2.58. The summed E-state index contributed by atoms with van der Waals surface area (Å²) < 4.78 is 22.4. The molecule has 1 aromatic rings. The summed E-state index contributed by atoms with van der Waals surface area (Å²) >= 11 is 0. The Hall–Kier alpha value is -1.33. The zero-order chi connectivity index (χ0) is 17.4. The molecule has 0 spiro atoms. The maximum atomic E-state index is 12.0. The fourth-order valence-corrected chi connectivity index (χ4v) is 3.60. The monoisotopic (exact) mass is 352 g/mol. The largest absolute Gasteiger partial charge is 0.394 e. The Morgan fingerprint density at radius 2 is 2.13 bits per heavy atom. The SMILES string of the molecule is COP(=O)(O)C[C@@]1(n2ccc(=O)[nH]c2=O)O[C@H](CO)[C@@H](O)[C@@H]1O. The first-order chi connectivity index (χ1) is 10.7. The molecule has 1 fully saturated rings. The van der Waals surface area contributed by atoms with E-state index in [1.54, 1.807) is 0 Å². The van der Waals surface area contributed by atoms with Gasteiger partial charge in [0.05, 0.1) is 6.61 Å². The summed E-state index contributed by atoms with van der Waals surface area (Å²) in [6, 6.07) is 0.937. The van der Waals surface area contributed by atoms with Crippen molar-refractivity contribution in [3.8, 4) is 0 Å². The molecular formula is C11H17N2O9P. The molecule has 0 aliphatic carbocycles. The molecule has 11 nitrogen and oxygen atoms in total. The number of ether oxygens (including phenoxy) is 1. The van der Waals surface area contributed by atoms with Gasteiger partial charge in [0, 0.05) is 19.4 Å². The van der Waals surface area contributed by atoms with Crippen molar-refractivity contribution in [1.82, 2.24) is 9.55 Å². The molecule has 2 heterocycles. The molecular weight excluding hydrogens is 335 g/mol. The molecule has 1 aromatic heterocycles. The number of rotatable bonds is 5. The summed E-state index contributed by atoms with van der Waals surface area (Å²) in [5, 5.41) is 29.4. The van der Waals surface area contributed by atoms with Gasteiger partial charge < -0.3 is 29.5 Å². The van der Waals surface area contributed by atoms with E-state index < -0.39 is 55.7 Å². The van der Waals surface area contributed by atoms with E-state index in [1.165, 1.54) is 0 Å². The van der Waals surface area contributed by atoms with Crippen molar-refractivity contribution in [2.75, 3.05) is 19.9 Å². The van der Waals surface area contributed by atoms with E-state index in [0.29, 0.717) is 4.57 Å². The van der Waals surface area contributed by atoms with Crippen LogP contribution in [0.1, 0.15) is 0 Å². The van der Waals surface area contributed by atoms with E-state index >= 15 is 0 Å². The summed E-state index contributed by atoms with van der Waals surface area (Å²) in [5.74, 6) is 0. The van der Waals surface area contributed by atoms with Gasteiger partial charge in [-0.2, -0.15) is 0 Å². The minimum absolute atomic E-state index is 0.680. The van der Waals surface area contributed by atoms with Crippen molar-refractivity contribution in [3.63, 3.8) is 0 Å². The van der Waals surface area contributed by atoms with Crippen LogP contribution in [0, 0.1) is 0 Å². The third-order valence-corrected chi connectivity index (χ3v) is 5.07. The molecule has 0 saturated carbocycles. The number of H-pyrrole nitrogens is 1. The van der Waals surface area contributed by atoms with E-state index in [4.69, 9.17) is 4.74 Å². The van der Waals surface area contributed by atoms with Crippen molar-refractivity contribution >= 4 is 7.60 Å². The Labute approximate surface area is 129 Å². The van der Waals surface area contributed by atoms with Crippen LogP contribution in [-0.4, -0.2) is 68.0 Å². The van der Waals surface area contributed by atoms with Crippen LogP contribution < -0.4 is 11.2 Å². The molecule has 0 bridgehead atoms. The number of aliphatic hydroxyl groups is 3. The van der Waals surface area contributed by atoms with E-state index in [0.717, 1.165) is 19.4 Å². The first-order valence-electron chi connectivity index (χ1n) is 6.51. The number of aromatic nitrogens is 2. The van der Waals surface area contributed by atoms with Crippen LogP contribution in [0.3, 0.4) is 0 Å². The van der Waals surface area contributed by atoms with Crippen molar-refractivity contribution in [3.05, 3.63) is 33.1 Å². The Balaban J connectivity index is 2.63. The van der Waals surface area contributed by atoms with Gasteiger partial charge >= 0.3 is 13.3 Å². The summed E-state index contributed by atoms with van der Waals surface area (Å²) in [6.07, 6.45) is -4.71. The number of aliphatic hydroxyl groups excluding tert-OH is 3. The Morgan fingerprint density at radius 3 is 2.61 bits per heavy atom. The average Bonchev–Trinajstić information content (AvgIpc) is 2.72. The lowest BCUT2D eigenvalue weighted by atomic mass is 10.0. The van der Waals surface area contributed by atoms with Gasteiger partial charge in [0.25, 0.3) is 5.56 Å². The molecule has 5 N–H and O–H groups in total. The number of aromatic amines is 1. The van der Waals surface area contributed by atoms with Crippen LogP contribution in [0.2, 0.25) is 0 Å². The molecule has 1 aliphatic rings. The maximum Gasteiger partial charge on any atom is 0.332 e. The maximum absolute atomic E-state index is 12.0. The second-order valence-corrected chi connectivity index (χ2v) is 7.03. The molecule has 5 atom stereocenters. The lowest BCUT2D eigenvalue weighted by Gasteiger charge is -2.34. The van der Waals surface area contributed by atoms with Crippen LogP contribution in [0.5, 0.6) is 0 Å². The van der Waals surface area contributed by atoms with Gasteiger partial charge in [-0.1, -0.05) is 0 Å². The standard InChI is InChI=1S/C11H17N2O9P/c1-21-23(19,20)5-11(9(17)8(16)6(4-14)22-11)13-3-2-7(15)12-10(13)18/h2-3,6,8-9,14,16-17H,4-5H2,1H3,(H,19,20)(H,12,15,18)/t6-,8-,9+,11-/m1/s1. The number of nitrogens with one attached hydrogen (secondary N) is 1. The second kappa shape index (κ2) is 6.29.